The molecular formula is C27H28N2O5. The van der Waals surface area contributed by atoms with Gasteiger partial charge in [-0.1, -0.05) is 26.0 Å². The number of benzene rings is 2. The number of rotatable bonds is 7. The maximum absolute atomic E-state index is 13.0. The first kappa shape index (κ1) is 23.4. The van der Waals surface area contributed by atoms with Gasteiger partial charge in [0.2, 0.25) is 0 Å². The molecule has 1 aliphatic heterocycles. The highest BCUT2D eigenvalue weighted by molar-refractivity contribution is 6.24. The lowest BCUT2D eigenvalue weighted by Crippen LogP contribution is -2.32. The predicted molar refractivity (Wildman–Crippen MR) is 129 cm³/mol. The van der Waals surface area contributed by atoms with Crippen molar-refractivity contribution < 1.29 is 24.2 Å². The molecule has 0 radical (unpaired) electrons. The van der Waals surface area contributed by atoms with Crippen LogP contribution in [0.4, 0.5) is 5.69 Å². The lowest BCUT2D eigenvalue weighted by atomic mass is 9.75. The zero-order valence-corrected chi connectivity index (χ0v) is 19.6. The largest absolute Gasteiger partial charge is 0.511 e. The number of methoxy groups -OCH3 is 1. The van der Waals surface area contributed by atoms with Crippen molar-refractivity contribution in [3.63, 3.8) is 0 Å². The normalized spacial score (nSPS) is 17.9. The number of ether oxygens (including phenoxy) is 1. The molecule has 0 fully saturated rings. The molecule has 0 aromatic heterocycles. The number of nitrogens with zero attached hydrogens (tertiary/aromatic N) is 2. The molecule has 7 heteroatoms. The molecule has 4 rings (SSSR count). The Labute approximate surface area is 198 Å². The average Bonchev–Trinajstić information content (AvgIpc) is 3.03. The van der Waals surface area contributed by atoms with Gasteiger partial charge in [0.1, 0.15) is 11.5 Å². The quantitative estimate of drug-likeness (QED) is 0.461. The number of hydrogen-bond acceptors (Lipinski definition) is 6. The van der Waals surface area contributed by atoms with Crippen LogP contribution in [0.3, 0.4) is 0 Å². The van der Waals surface area contributed by atoms with Gasteiger partial charge in [0.25, 0.3) is 11.8 Å². The number of imide groups is 1. The van der Waals surface area contributed by atoms with E-state index in [-0.39, 0.29) is 40.9 Å². The molecule has 34 heavy (non-hydrogen) atoms. The summed E-state index contributed by atoms with van der Waals surface area (Å²) in [6.45, 7) is 4.09. The number of carbonyl (C=O) groups is 3. The van der Waals surface area contributed by atoms with E-state index in [2.05, 4.69) is 4.99 Å². The highest BCUT2D eigenvalue weighted by Crippen LogP contribution is 2.37. The average molecular weight is 461 g/mol. The second-order valence-corrected chi connectivity index (χ2v) is 9.43. The third-order valence-electron chi connectivity index (χ3n) is 6.15. The van der Waals surface area contributed by atoms with Crippen molar-refractivity contribution in [3.05, 3.63) is 71.0 Å². The van der Waals surface area contributed by atoms with Crippen LogP contribution in [0, 0.1) is 5.41 Å². The number of allylic oxidation sites excluding steroid dienone is 2. The van der Waals surface area contributed by atoms with Gasteiger partial charge in [-0.15, -0.1) is 0 Å². The Morgan fingerprint density at radius 3 is 2.18 bits per heavy atom. The fourth-order valence-corrected chi connectivity index (χ4v) is 4.51. The molecule has 0 saturated carbocycles. The first-order valence-electron chi connectivity index (χ1n) is 11.3. The van der Waals surface area contributed by atoms with Gasteiger partial charge in [-0.05, 0) is 54.7 Å². The van der Waals surface area contributed by atoms with Crippen LogP contribution >= 0.6 is 0 Å². The van der Waals surface area contributed by atoms with Gasteiger partial charge in [-0.25, -0.2) is 0 Å². The van der Waals surface area contributed by atoms with Crippen LogP contribution in [0.2, 0.25) is 0 Å². The molecule has 0 spiro atoms. The zero-order valence-electron chi connectivity index (χ0n) is 19.6. The SMILES string of the molecule is COc1ccc(N=C(CCCN2C(=O)c3ccccc3C2=O)C2=C(O)CC(C)(C)CC2=O)cc1. The number of aliphatic imine (C=N–C) groups is 1. The van der Waals surface area contributed by atoms with Crippen LogP contribution < -0.4 is 4.74 Å². The number of aliphatic hydroxyl groups is 1. The van der Waals surface area contributed by atoms with Crippen LogP contribution in [0.1, 0.15) is 60.2 Å². The minimum absolute atomic E-state index is 0.0363. The minimum Gasteiger partial charge on any atom is -0.511 e. The van der Waals surface area contributed by atoms with Gasteiger partial charge in [0.15, 0.2) is 5.78 Å². The maximum Gasteiger partial charge on any atom is 0.261 e. The van der Waals surface area contributed by atoms with Crippen LogP contribution in [-0.4, -0.2) is 47.0 Å². The number of aliphatic hydroxyl groups excluding tert-OH is 1. The lowest BCUT2D eigenvalue weighted by Gasteiger charge is -2.30. The van der Waals surface area contributed by atoms with E-state index in [0.717, 1.165) is 0 Å². The molecule has 1 aliphatic carbocycles. The highest BCUT2D eigenvalue weighted by atomic mass is 16.5. The first-order valence-corrected chi connectivity index (χ1v) is 11.3. The third-order valence-corrected chi connectivity index (χ3v) is 6.15. The van der Waals surface area contributed by atoms with Gasteiger partial charge in [-0.3, -0.25) is 24.3 Å². The van der Waals surface area contributed by atoms with Crippen molar-refractivity contribution in [2.75, 3.05) is 13.7 Å². The molecule has 176 valence electrons. The fourth-order valence-electron chi connectivity index (χ4n) is 4.51. The van der Waals surface area contributed by atoms with Crippen molar-refractivity contribution in [1.29, 1.82) is 0 Å². The van der Waals surface area contributed by atoms with Gasteiger partial charge in [0, 0.05) is 19.4 Å². The molecule has 1 heterocycles. The van der Waals surface area contributed by atoms with E-state index in [0.29, 0.717) is 54.0 Å². The Hall–Kier alpha value is -3.74. The monoisotopic (exact) mass is 460 g/mol. The number of hydrogen-bond donors (Lipinski definition) is 1. The van der Waals surface area contributed by atoms with E-state index in [4.69, 9.17) is 4.74 Å². The van der Waals surface area contributed by atoms with Crippen LogP contribution in [0.15, 0.2) is 64.9 Å². The van der Waals surface area contributed by atoms with E-state index in [1.807, 2.05) is 13.8 Å². The molecule has 0 atom stereocenters. The Morgan fingerprint density at radius 1 is 1.00 bits per heavy atom. The van der Waals surface area contributed by atoms with Gasteiger partial charge in [-0.2, -0.15) is 0 Å². The van der Waals surface area contributed by atoms with E-state index in [9.17, 15) is 19.5 Å². The molecule has 2 aromatic carbocycles. The maximum atomic E-state index is 13.0. The number of fused-ring (bicyclic) bond motifs is 1. The second-order valence-electron chi connectivity index (χ2n) is 9.43. The van der Waals surface area contributed by atoms with Crippen LogP contribution in [0.25, 0.3) is 0 Å². The van der Waals surface area contributed by atoms with Crippen molar-refractivity contribution in [2.45, 2.75) is 39.5 Å². The molecular weight excluding hydrogens is 432 g/mol. The topological polar surface area (TPSA) is 96.3 Å². The summed E-state index contributed by atoms with van der Waals surface area (Å²) in [4.78, 5) is 44.2. The highest BCUT2D eigenvalue weighted by Gasteiger charge is 2.36. The van der Waals surface area contributed by atoms with E-state index >= 15 is 0 Å². The molecule has 2 amide bonds. The Kier molecular flexibility index (Phi) is 6.37. The molecule has 2 aliphatic rings. The summed E-state index contributed by atoms with van der Waals surface area (Å²) in [6.07, 6.45) is 1.43. The van der Waals surface area contributed by atoms with E-state index < -0.39 is 0 Å². The summed E-state index contributed by atoms with van der Waals surface area (Å²) in [5, 5.41) is 10.8. The number of ketones is 1. The molecule has 7 nitrogen and oxygen atoms in total. The second kappa shape index (κ2) is 9.25. The zero-order chi connectivity index (χ0) is 24.5. The Balaban J connectivity index is 1.58. The minimum atomic E-state index is -0.323. The Bertz CT molecular complexity index is 1170. The summed E-state index contributed by atoms with van der Waals surface area (Å²) in [5.74, 6) is -0.0572. The molecule has 1 N–H and O–H groups in total. The Morgan fingerprint density at radius 2 is 1.62 bits per heavy atom. The standard InChI is InChI=1S/C27H28N2O5/c1-27(2)15-22(30)24(23(31)16-27)21(28-17-10-12-18(34-3)13-11-17)9-6-14-29-25(32)19-7-4-5-8-20(19)26(29)33/h4-5,7-8,10-13,30H,6,9,14-16H2,1-3H3. The summed E-state index contributed by atoms with van der Waals surface area (Å²) in [7, 11) is 1.58. The van der Waals surface area contributed by atoms with Crippen molar-refractivity contribution >= 4 is 29.0 Å². The fraction of sp³-hybridized carbons (Fsp3) is 0.333. The predicted octanol–water partition coefficient (Wildman–Crippen LogP) is 5.05. The summed E-state index contributed by atoms with van der Waals surface area (Å²) >= 11 is 0. The molecule has 0 unspecified atom stereocenters. The number of carbonyl (C=O) groups excluding carboxylic acids is 3. The summed E-state index contributed by atoms with van der Waals surface area (Å²) in [6, 6.07) is 13.9. The number of amides is 2. The smallest absolute Gasteiger partial charge is 0.261 e. The molecule has 0 saturated heterocycles. The summed E-state index contributed by atoms with van der Waals surface area (Å²) in [5.41, 5.74) is 1.82. The summed E-state index contributed by atoms with van der Waals surface area (Å²) < 4.78 is 5.19. The van der Waals surface area contributed by atoms with Gasteiger partial charge in [0.05, 0.1) is 35.2 Å². The van der Waals surface area contributed by atoms with Crippen molar-refractivity contribution in [1.82, 2.24) is 4.90 Å². The van der Waals surface area contributed by atoms with Crippen LogP contribution in [0.5, 0.6) is 5.75 Å². The van der Waals surface area contributed by atoms with Crippen molar-refractivity contribution in [3.8, 4) is 5.75 Å². The van der Waals surface area contributed by atoms with E-state index in [1.165, 1.54) is 4.90 Å². The van der Waals surface area contributed by atoms with E-state index in [1.54, 1.807) is 55.6 Å². The molecule has 2 aromatic rings. The van der Waals surface area contributed by atoms with Gasteiger partial charge < -0.3 is 9.84 Å². The lowest BCUT2D eigenvalue weighted by molar-refractivity contribution is -0.118. The molecule has 0 bridgehead atoms. The number of Topliss-reactive ketones (excluding diaryl/α,β-unsaturated/α-hetero) is 1. The first-order chi connectivity index (χ1) is 16.2. The van der Waals surface area contributed by atoms with Crippen molar-refractivity contribution in [2.24, 2.45) is 10.4 Å². The van der Waals surface area contributed by atoms with Gasteiger partial charge >= 0.3 is 0 Å². The third kappa shape index (κ3) is 4.64. The van der Waals surface area contributed by atoms with Crippen LogP contribution in [-0.2, 0) is 4.79 Å².